The SMILES string of the molecule is CC(C)NC(=O)CSc1ccccc1C(=O)OCC(=O)Nc1ccccc1SC(F)F. The number of carbonyl (C=O) groups excluding carboxylic acids is 3. The number of para-hydroxylation sites is 1. The minimum atomic E-state index is -2.63. The van der Waals surface area contributed by atoms with Gasteiger partial charge in [0, 0.05) is 15.8 Å². The molecule has 0 radical (unpaired) electrons. The molecule has 0 saturated heterocycles. The predicted molar refractivity (Wildman–Crippen MR) is 118 cm³/mol. The topological polar surface area (TPSA) is 84.5 Å². The molecule has 10 heteroatoms. The Hall–Kier alpha value is -2.59. The highest BCUT2D eigenvalue weighted by molar-refractivity contribution is 8.00. The molecule has 0 aliphatic carbocycles. The summed E-state index contributed by atoms with van der Waals surface area (Å²) in [6.07, 6.45) is 0. The van der Waals surface area contributed by atoms with Gasteiger partial charge in [0.1, 0.15) is 0 Å². The molecule has 0 bridgehead atoms. The largest absolute Gasteiger partial charge is 0.452 e. The Morgan fingerprint density at radius 1 is 0.968 bits per heavy atom. The van der Waals surface area contributed by atoms with Gasteiger partial charge in [-0.3, -0.25) is 9.59 Å². The number of nitrogens with one attached hydrogen (secondary N) is 2. The van der Waals surface area contributed by atoms with Crippen LogP contribution in [0.3, 0.4) is 0 Å². The molecule has 2 rings (SSSR count). The van der Waals surface area contributed by atoms with Crippen LogP contribution in [0, 0.1) is 0 Å². The number of alkyl halides is 2. The van der Waals surface area contributed by atoms with Gasteiger partial charge in [-0.2, -0.15) is 8.78 Å². The number of hydrogen-bond acceptors (Lipinski definition) is 6. The third-order valence-corrected chi connectivity index (χ3v) is 5.49. The van der Waals surface area contributed by atoms with Crippen molar-refractivity contribution in [2.45, 2.75) is 35.4 Å². The average molecular weight is 469 g/mol. The smallest absolute Gasteiger partial charge is 0.339 e. The van der Waals surface area contributed by atoms with Crippen LogP contribution in [0.1, 0.15) is 24.2 Å². The fraction of sp³-hybridized carbons (Fsp3) is 0.286. The van der Waals surface area contributed by atoms with Gasteiger partial charge in [-0.05, 0) is 38.1 Å². The first kappa shape index (κ1) is 24.7. The van der Waals surface area contributed by atoms with E-state index < -0.39 is 24.2 Å². The van der Waals surface area contributed by atoms with Crippen LogP contribution in [-0.2, 0) is 14.3 Å². The molecule has 2 aromatic carbocycles. The number of esters is 1. The summed E-state index contributed by atoms with van der Waals surface area (Å²) in [7, 11) is 0. The van der Waals surface area contributed by atoms with E-state index in [-0.39, 0.29) is 33.8 Å². The highest BCUT2D eigenvalue weighted by atomic mass is 32.2. The summed E-state index contributed by atoms with van der Waals surface area (Å²) >= 11 is 1.49. The number of thioether (sulfide) groups is 2. The number of carbonyl (C=O) groups is 3. The molecule has 0 atom stereocenters. The maximum absolute atomic E-state index is 12.6. The molecule has 0 saturated carbocycles. The molecule has 0 unspecified atom stereocenters. The first-order valence-corrected chi connectivity index (χ1v) is 11.1. The van der Waals surface area contributed by atoms with E-state index in [2.05, 4.69) is 10.6 Å². The average Bonchev–Trinajstić information content (AvgIpc) is 2.71. The second kappa shape index (κ2) is 12.3. The predicted octanol–water partition coefficient (Wildman–Crippen LogP) is 4.41. The molecule has 0 aliphatic heterocycles. The van der Waals surface area contributed by atoms with Crippen molar-refractivity contribution in [3.05, 3.63) is 54.1 Å². The van der Waals surface area contributed by atoms with Crippen molar-refractivity contribution >= 4 is 47.0 Å². The van der Waals surface area contributed by atoms with E-state index in [4.69, 9.17) is 4.74 Å². The second-order valence-corrected chi connectivity index (χ2v) is 8.56. The van der Waals surface area contributed by atoms with E-state index in [1.807, 2.05) is 13.8 Å². The zero-order chi connectivity index (χ0) is 22.8. The van der Waals surface area contributed by atoms with Gasteiger partial charge in [-0.1, -0.05) is 36.0 Å². The zero-order valence-corrected chi connectivity index (χ0v) is 18.5. The number of ether oxygens (including phenoxy) is 1. The summed E-state index contributed by atoms with van der Waals surface area (Å²) in [6, 6.07) is 12.7. The van der Waals surface area contributed by atoms with Crippen LogP contribution in [0.2, 0.25) is 0 Å². The van der Waals surface area contributed by atoms with Crippen molar-refractivity contribution < 1.29 is 27.9 Å². The van der Waals surface area contributed by atoms with Gasteiger partial charge < -0.3 is 15.4 Å². The third-order valence-electron chi connectivity index (χ3n) is 3.63. The molecule has 2 amide bonds. The highest BCUT2D eigenvalue weighted by Crippen LogP contribution is 2.31. The first-order valence-electron chi connectivity index (χ1n) is 9.28. The standard InChI is InChI=1S/C21H22F2N2O4S2/c1-13(2)24-19(27)12-30-16-9-5-3-7-14(16)20(28)29-11-18(26)25-15-8-4-6-10-17(15)31-21(22)23/h3-10,13,21H,11-12H2,1-2H3,(H,24,27)(H,25,26). The monoisotopic (exact) mass is 468 g/mol. The van der Waals surface area contributed by atoms with Gasteiger partial charge in [0.15, 0.2) is 6.61 Å². The van der Waals surface area contributed by atoms with Crippen LogP contribution in [0.5, 0.6) is 0 Å². The number of hydrogen-bond donors (Lipinski definition) is 2. The van der Waals surface area contributed by atoms with Crippen LogP contribution >= 0.6 is 23.5 Å². The summed E-state index contributed by atoms with van der Waals surface area (Å²) in [5.41, 5.74) is 0.437. The van der Waals surface area contributed by atoms with Crippen molar-refractivity contribution in [3.8, 4) is 0 Å². The van der Waals surface area contributed by atoms with Crippen LogP contribution in [0.25, 0.3) is 0 Å². The molecule has 2 N–H and O–H groups in total. The lowest BCUT2D eigenvalue weighted by atomic mass is 10.2. The Bertz CT molecular complexity index is 926. The van der Waals surface area contributed by atoms with Crippen molar-refractivity contribution in [1.29, 1.82) is 0 Å². The highest BCUT2D eigenvalue weighted by Gasteiger charge is 2.17. The molecule has 31 heavy (non-hydrogen) atoms. The van der Waals surface area contributed by atoms with Crippen molar-refractivity contribution in [3.63, 3.8) is 0 Å². The molecular formula is C21H22F2N2O4S2. The Kier molecular flexibility index (Phi) is 9.80. The molecule has 6 nitrogen and oxygen atoms in total. The van der Waals surface area contributed by atoms with E-state index >= 15 is 0 Å². The summed E-state index contributed by atoms with van der Waals surface area (Å²) in [6.45, 7) is 3.12. The molecule has 0 spiro atoms. The Morgan fingerprint density at radius 2 is 1.61 bits per heavy atom. The fourth-order valence-corrected chi connectivity index (χ4v) is 3.88. The van der Waals surface area contributed by atoms with Gasteiger partial charge in [-0.15, -0.1) is 11.8 Å². The maximum Gasteiger partial charge on any atom is 0.339 e. The molecule has 0 aromatic heterocycles. The van der Waals surface area contributed by atoms with Gasteiger partial charge in [0.2, 0.25) is 5.91 Å². The van der Waals surface area contributed by atoms with Crippen molar-refractivity contribution in [2.24, 2.45) is 0 Å². The lowest BCUT2D eigenvalue weighted by Crippen LogP contribution is -2.31. The molecular weight excluding hydrogens is 446 g/mol. The van der Waals surface area contributed by atoms with Gasteiger partial charge in [0.05, 0.1) is 17.0 Å². The lowest BCUT2D eigenvalue weighted by molar-refractivity contribution is -0.119. The van der Waals surface area contributed by atoms with Gasteiger partial charge in [-0.25, -0.2) is 4.79 Å². The fourth-order valence-electron chi connectivity index (χ4n) is 2.43. The lowest BCUT2D eigenvalue weighted by Gasteiger charge is -2.12. The zero-order valence-electron chi connectivity index (χ0n) is 16.9. The second-order valence-electron chi connectivity index (χ2n) is 6.51. The van der Waals surface area contributed by atoms with E-state index in [1.165, 1.54) is 30.0 Å². The van der Waals surface area contributed by atoms with Gasteiger partial charge >= 0.3 is 5.97 Å². The maximum atomic E-state index is 12.6. The van der Waals surface area contributed by atoms with E-state index in [1.54, 1.807) is 30.3 Å². The molecule has 0 fully saturated rings. The summed E-state index contributed by atoms with van der Waals surface area (Å²) < 4.78 is 30.4. The molecule has 2 aromatic rings. The van der Waals surface area contributed by atoms with Crippen LogP contribution < -0.4 is 10.6 Å². The van der Waals surface area contributed by atoms with Crippen LogP contribution in [0.4, 0.5) is 14.5 Å². The van der Waals surface area contributed by atoms with E-state index in [0.29, 0.717) is 16.7 Å². The Balaban J connectivity index is 1.94. The quantitative estimate of drug-likeness (QED) is 0.397. The number of amides is 2. The molecule has 166 valence electrons. The minimum absolute atomic E-state index is 0.0102. The Labute approximate surface area is 187 Å². The third kappa shape index (κ3) is 8.58. The number of benzene rings is 2. The molecule has 0 heterocycles. The Morgan fingerprint density at radius 3 is 2.29 bits per heavy atom. The van der Waals surface area contributed by atoms with Crippen molar-refractivity contribution in [1.82, 2.24) is 5.32 Å². The summed E-state index contributed by atoms with van der Waals surface area (Å²) in [5.74, 6) is -4.05. The normalized spacial score (nSPS) is 10.8. The van der Waals surface area contributed by atoms with Crippen LogP contribution in [-0.4, -0.2) is 41.9 Å². The van der Waals surface area contributed by atoms with E-state index in [9.17, 15) is 23.2 Å². The van der Waals surface area contributed by atoms with Gasteiger partial charge in [0.25, 0.3) is 11.7 Å². The van der Waals surface area contributed by atoms with Crippen molar-refractivity contribution in [2.75, 3.05) is 17.7 Å². The number of anilines is 1. The van der Waals surface area contributed by atoms with E-state index in [0.717, 1.165) is 0 Å². The first-order chi connectivity index (χ1) is 14.8. The summed E-state index contributed by atoms with van der Waals surface area (Å²) in [5, 5.41) is 5.23. The number of rotatable bonds is 10. The summed E-state index contributed by atoms with van der Waals surface area (Å²) in [4.78, 5) is 37.2. The number of halogens is 2. The van der Waals surface area contributed by atoms with Crippen LogP contribution in [0.15, 0.2) is 58.3 Å². The molecule has 0 aliphatic rings. The minimum Gasteiger partial charge on any atom is -0.452 e.